The Balaban J connectivity index is 1.56. The van der Waals surface area contributed by atoms with Crippen LogP contribution in [0.1, 0.15) is 11.4 Å². The highest BCUT2D eigenvalue weighted by Crippen LogP contribution is 2.42. The van der Waals surface area contributed by atoms with Crippen molar-refractivity contribution >= 4 is 27.4 Å². The molecule has 152 valence electrons. The van der Waals surface area contributed by atoms with E-state index in [1.165, 1.54) is 12.1 Å². The van der Waals surface area contributed by atoms with Crippen molar-refractivity contribution in [1.29, 1.82) is 0 Å². The highest BCUT2D eigenvalue weighted by Gasteiger charge is 2.44. The monoisotopic (exact) mass is 421 g/mol. The molecule has 1 saturated heterocycles. The van der Waals surface area contributed by atoms with Crippen molar-refractivity contribution in [3.05, 3.63) is 77.2 Å². The molecule has 0 unspecified atom stereocenters. The molecule has 1 aliphatic rings. The number of hydrogen-bond acceptors (Lipinski definition) is 6. The van der Waals surface area contributed by atoms with E-state index in [4.69, 9.17) is 9.72 Å². The summed E-state index contributed by atoms with van der Waals surface area (Å²) in [5.41, 5.74) is 1.85. The second-order valence-corrected chi connectivity index (χ2v) is 8.34. The van der Waals surface area contributed by atoms with Crippen LogP contribution in [-0.2, 0) is 16.9 Å². The molecule has 0 atom stereocenters. The average Bonchev–Trinajstić information content (AvgIpc) is 3.16. The number of anilines is 1. The minimum absolute atomic E-state index is 0.314. The van der Waals surface area contributed by atoms with Gasteiger partial charge in [-0.1, -0.05) is 42.5 Å². The Morgan fingerprint density at radius 3 is 2.53 bits per heavy atom. The summed E-state index contributed by atoms with van der Waals surface area (Å²) in [5, 5.41) is 14.1. The van der Waals surface area contributed by atoms with Crippen molar-refractivity contribution in [3.63, 3.8) is 0 Å². The van der Waals surface area contributed by atoms with Crippen LogP contribution in [0.25, 0.3) is 21.3 Å². The molecule has 1 aliphatic heterocycles. The van der Waals surface area contributed by atoms with Gasteiger partial charge in [-0.05, 0) is 23.3 Å². The Kier molecular flexibility index (Phi) is 4.73. The van der Waals surface area contributed by atoms with Crippen LogP contribution in [0.4, 0.5) is 10.2 Å². The smallest absolute Gasteiger partial charge is 0.158 e. The van der Waals surface area contributed by atoms with Gasteiger partial charge in [0.15, 0.2) is 5.82 Å². The fourth-order valence-corrected chi connectivity index (χ4v) is 4.86. The number of β-amino-alcohol motifs (C(OH)–C–C–N with tert-alkyl or cyclic N) is 1. The molecule has 1 fully saturated rings. The number of ether oxygens (including phenoxy) is 1. The number of aromatic nitrogens is 2. The zero-order valence-electron chi connectivity index (χ0n) is 16.4. The lowest BCUT2D eigenvalue weighted by Crippen LogP contribution is -2.60. The van der Waals surface area contributed by atoms with Crippen LogP contribution < -0.4 is 4.90 Å². The summed E-state index contributed by atoms with van der Waals surface area (Å²) in [4.78, 5) is 12.4. The molecule has 0 spiro atoms. The Hall–Kier alpha value is -2.87. The van der Waals surface area contributed by atoms with E-state index in [-0.39, 0.29) is 5.82 Å². The largest absolute Gasteiger partial charge is 0.381 e. The third-order valence-corrected chi connectivity index (χ3v) is 6.28. The Morgan fingerprint density at radius 1 is 1.10 bits per heavy atom. The van der Waals surface area contributed by atoms with Crippen LogP contribution in [0, 0.1) is 5.82 Å². The molecule has 1 N–H and O–H groups in total. The Bertz CT molecular complexity index is 1190. The van der Waals surface area contributed by atoms with Crippen molar-refractivity contribution in [2.75, 3.05) is 25.1 Å². The van der Waals surface area contributed by atoms with Gasteiger partial charge < -0.3 is 14.7 Å². The molecular formula is C23H20FN3O2S. The Morgan fingerprint density at radius 2 is 1.83 bits per heavy atom. The molecule has 30 heavy (non-hydrogen) atoms. The van der Waals surface area contributed by atoms with Gasteiger partial charge in [0.2, 0.25) is 0 Å². The number of rotatable bonds is 5. The maximum Gasteiger partial charge on any atom is 0.158 e. The highest BCUT2D eigenvalue weighted by molar-refractivity contribution is 7.17. The maximum atomic E-state index is 13.3. The second-order valence-electron chi connectivity index (χ2n) is 7.49. The summed E-state index contributed by atoms with van der Waals surface area (Å²) in [6.07, 6.45) is 0. The minimum Gasteiger partial charge on any atom is -0.381 e. The van der Waals surface area contributed by atoms with Gasteiger partial charge >= 0.3 is 0 Å². The lowest BCUT2D eigenvalue weighted by molar-refractivity contribution is 0.00713. The molecule has 7 heteroatoms. The lowest BCUT2D eigenvalue weighted by Gasteiger charge is -2.47. The van der Waals surface area contributed by atoms with Crippen LogP contribution in [0.5, 0.6) is 0 Å². The lowest BCUT2D eigenvalue weighted by atomic mass is 9.86. The molecule has 5 rings (SSSR count). The van der Waals surface area contributed by atoms with Gasteiger partial charge in [-0.15, -0.1) is 11.3 Å². The summed E-state index contributed by atoms with van der Waals surface area (Å²) in [6, 6.07) is 16.2. The quantitative estimate of drug-likeness (QED) is 0.519. The number of nitrogens with zero attached hydrogens (tertiary/aromatic N) is 3. The van der Waals surface area contributed by atoms with Crippen LogP contribution in [0.15, 0.2) is 60.0 Å². The van der Waals surface area contributed by atoms with E-state index >= 15 is 0 Å². The van der Waals surface area contributed by atoms with E-state index in [0.29, 0.717) is 31.1 Å². The third kappa shape index (κ3) is 3.25. The van der Waals surface area contributed by atoms with Crippen LogP contribution in [0.3, 0.4) is 0 Å². The van der Waals surface area contributed by atoms with Crippen LogP contribution in [-0.4, -0.2) is 35.3 Å². The molecule has 2 aromatic heterocycles. The molecular weight excluding hydrogens is 401 g/mol. The maximum absolute atomic E-state index is 13.3. The van der Waals surface area contributed by atoms with E-state index in [0.717, 1.165) is 27.2 Å². The van der Waals surface area contributed by atoms with Gasteiger partial charge in [-0.3, -0.25) is 0 Å². The van der Waals surface area contributed by atoms with Crippen molar-refractivity contribution in [2.24, 2.45) is 0 Å². The van der Waals surface area contributed by atoms with Crippen LogP contribution in [0.2, 0.25) is 0 Å². The van der Waals surface area contributed by atoms with Crippen molar-refractivity contribution < 1.29 is 14.2 Å². The second kappa shape index (κ2) is 7.43. The fourth-order valence-electron chi connectivity index (χ4n) is 3.90. The van der Waals surface area contributed by atoms with Gasteiger partial charge in [0, 0.05) is 18.1 Å². The molecule has 0 amide bonds. The van der Waals surface area contributed by atoms with Crippen molar-refractivity contribution in [2.45, 2.75) is 12.2 Å². The fraction of sp³-hybridized carbons (Fsp3) is 0.217. The molecule has 0 bridgehead atoms. The first-order valence-corrected chi connectivity index (χ1v) is 10.5. The molecule has 3 heterocycles. The first kappa shape index (κ1) is 19.1. The van der Waals surface area contributed by atoms with E-state index in [1.807, 2.05) is 23.1 Å². The predicted molar refractivity (Wildman–Crippen MR) is 116 cm³/mol. The first-order valence-electron chi connectivity index (χ1n) is 9.63. The highest BCUT2D eigenvalue weighted by atomic mass is 32.1. The minimum atomic E-state index is -1.03. The Labute approximate surface area is 177 Å². The topological polar surface area (TPSA) is 58.5 Å². The summed E-state index contributed by atoms with van der Waals surface area (Å²) in [7, 11) is 1.62. The predicted octanol–water partition coefficient (Wildman–Crippen LogP) is 4.35. The standard InChI is InChI=1S/C23H20FN3O2S/c1-29-11-19-25-21(27-13-23(28,14-27)16-7-9-17(24)10-8-16)20-18(12-30-22(20)26-19)15-5-3-2-4-6-15/h2-10,12,28H,11,13-14H2,1H3. The van der Waals surface area contributed by atoms with E-state index in [9.17, 15) is 9.50 Å². The number of hydrogen-bond donors (Lipinski definition) is 1. The number of methoxy groups -OCH3 is 1. The summed E-state index contributed by atoms with van der Waals surface area (Å²) < 4.78 is 18.5. The molecule has 0 radical (unpaired) electrons. The van der Waals surface area contributed by atoms with Gasteiger partial charge in [0.1, 0.15) is 28.7 Å². The zero-order chi connectivity index (χ0) is 20.7. The summed E-state index contributed by atoms with van der Waals surface area (Å²) >= 11 is 1.58. The van der Waals surface area contributed by atoms with Gasteiger partial charge in [-0.2, -0.15) is 0 Å². The summed E-state index contributed by atoms with van der Waals surface area (Å²) in [5.74, 6) is 1.09. The summed E-state index contributed by atoms with van der Waals surface area (Å²) in [6.45, 7) is 1.07. The SMILES string of the molecule is COCc1nc(N2CC(O)(c3ccc(F)cc3)C2)c2c(-c3ccccc3)csc2n1. The third-order valence-electron chi connectivity index (χ3n) is 5.40. The van der Waals surface area contributed by atoms with E-state index < -0.39 is 5.60 Å². The van der Waals surface area contributed by atoms with E-state index in [1.54, 1.807) is 30.6 Å². The number of fused-ring (bicyclic) bond motifs is 1. The van der Waals surface area contributed by atoms with E-state index in [2.05, 4.69) is 22.5 Å². The molecule has 2 aromatic carbocycles. The molecule has 4 aromatic rings. The van der Waals surface area contributed by atoms with Crippen LogP contribution >= 0.6 is 11.3 Å². The van der Waals surface area contributed by atoms with Crippen molar-refractivity contribution in [1.82, 2.24) is 9.97 Å². The number of thiophene rings is 1. The number of aliphatic hydroxyl groups is 1. The van der Waals surface area contributed by atoms with Gasteiger partial charge in [0.25, 0.3) is 0 Å². The van der Waals surface area contributed by atoms with Gasteiger partial charge in [-0.25, -0.2) is 14.4 Å². The van der Waals surface area contributed by atoms with Crippen molar-refractivity contribution in [3.8, 4) is 11.1 Å². The first-order chi connectivity index (χ1) is 14.6. The van der Waals surface area contributed by atoms with Gasteiger partial charge in [0.05, 0.1) is 18.5 Å². The molecule has 0 aliphatic carbocycles. The molecule has 5 nitrogen and oxygen atoms in total. The molecule has 0 saturated carbocycles. The number of benzene rings is 2. The average molecular weight is 421 g/mol. The normalized spacial score (nSPS) is 15.4. The zero-order valence-corrected chi connectivity index (χ0v) is 17.2. The number of halogens is 1.